The molecule has 0 saturated carbocycles. The molecule has 0 aliphatic rings. The number of nitrogens with one attached hydrogen (secondary N) is 1. The molecule has 0 amide bonds. The van der Waals surface area contributed by atoms with E-state index >= 15 is 0 Å². The number of hydrogen-bond donors (Lipinski definition) is 1. The van der Waals surface area contributed by atoms with Gasteiger partial charge in [0.05, 0.1) is 17.9 Å². The van der Waals surface area contributed by atoms with E-state index in [4.69, 9.17) is 12.2 Å². The summed E-state index contributed by atoms with van der Waals surface area (Å²) < 4.78 is 2.15. The molecule has 0 saturated heterocycles. The van der Waals surface area contributed by atoms with Crippen molar-refractivity contribution in [1.82, 2.24) is 29.8 Å². The van der Waals surface area contributed by atoms with Crippen LogP contribution in [0.25, 0.3) is 27.9 Å². The lowest BCUT2D eigenvalue weighted by molar-refractivity contribution is 0.916. The van der Waals surface area contributed by atoms with Crippen LogP contribution in [0.3, 0.4) is 0 Å². The van der Waals surface area contributed by atoms with Crippen molar-refractivity contribution in [2.45, 2.75) is 0 Å². The number of hydrogen-bond acceptors (Lipinski definition) is 5. The van der Waals surface area contributed by atoms with Crippen LogP contribution in [-0.2, 0) is 0 Å². The van der Waals surface area contributed by atoms with Gasteiger partial charge in [0, 0.05) is 10.9 Å². The smallest absolute Gasteiger partial charge is 0.221 e. The van der Waals surface area contributed by atoms with Crippen molar-refractivity contribution < 1.29 is 0 Å². The minimum atomic E-state index is 0.444. The summed E-state index contributed by atoms with van der Waals surface area (Å²) in [4.78, 5) is 8.99. The summed E-state index contributed by atoms with van der Waals surface area (Å²) in [6.07, 6.45) is 3.27. The molecule has 6 nitrogen and oxygen atoms in total. The molecular weight excluding hydrogens is 272 g/mol. The molecule has 4 rings (SSSR count). The third kappa shape index (κ3) is 1.60. The molecule has 0 bridgehead atoms. The molecule has 1 N–H and O–H groups in total. The van der Waals surface area contributed by atoms with Crippen molar-refractivity contribution in [2.24, 2.45) is 0 Å². The van der Waals surface area contributed by atoms with E-state index in [2.05, 4.69) is 25.3 Å². The first-order valence-electron chi connectivity index (χ1n) is 5.97. The minimum absolute atomic E-state index is 0.444. The van der Waals surface area contributed by atoms with Crippen LogP contribution in [0.5, 0.6) is 0 Å². The van der Waals surface area contributed by atoms with E-state index in [1.165, 1.54) is 0 Å². The Morgan fingerprint density at radius 2 is 1.95 bits per heavy atom. The normalized spacial score (nSPS) is 11.2. The van der Waals surface area contributed by atoms with E-state index in [1.807, 2.05) is 30.3 Å². The van der Waals surface area contributed by atoms with Crippen LogP contribution in [0.1, 0.15) is 0 Å². The van der Waals surface area contributed by atoms with Gasteiger partial charge in [0.25, 0.3) is 0 Å². The zero-order valence-corrected chi connectivity index (χ0v) is 11.0. The van der Waals surface area contributed by atoms with Crippen molar-refractivity contribution in [3.05, 3.63) is 47.5 Å². The SMILES string of the molecule is S=c1nc2ccccc2c2nc(-c3ccnnc3)[nH]n12. The van der Waals surface area contributed by atoms with Gasteiger partial charge in [-0.3, -0.25) is 5.10 Å². The summed E-state index contributed by atoms with van der Waals surface area (Å²) in [5.74, 6) is 0.684. The molecule has 3 heterocycles. The summed E-state index contributed by atoms with van der Waals surface area (Å²) in [5.41, 5.74) is 2.44. The zero-order valence-electron chi connectivity index (χ0n) is 10.2. The molecule has 4 aromatic rings. The van der Waals surface area contributed by atoms with Crippen molar-refractivity contribution >= 4 is 28.8 Å². The molecule has 7 heteroatoms. The Morgan fingerprint density at radius 1 is 1.05 bits per heavy atom. The third-order valence-electron chi connectivity index (χ3n) is 3.06. The Hall–Kier alpha value is -2.67. The first-order chi connectivity index (χ1) is 9.83. The molecular formula is C13H8N6S. The van der Waals surface area contributed by atoms with E-state index in [9.17, 15) is 0 Å². The molecule has 96 valence electrons. The topological polar surface area (TPSA) is 71.8 Å². The number of rotatable bonds is 1. The van der Waals surface area contributed by atoms with E-state index in [-0.39, 0.29) is 0 Å². The highest BCUT2D eigenvalue weighted by molar-refractivity contribution is 7.71. The van der Waals surface area contributed by atoms with E-state index in [1.54, 1.807) is 16.9 Å². The first-order valence-corrected chi connectivity index (χ1v) is 6.38. The molecule has 0 unspecified atom stereocenters. The highest BCUT2D eigenvalue weighted by Gasteiger charge is 2.09. The van der Waals surface area contributed by atoms with Crippen LogP contribution in [-0.4, -0.2) is 29.8 Å². The fraction of sp³-hybridized carbons (Fsp3) is 0. The van der Waals surface area contributed by atoms with Crippen LogP contribution < -0.4 is 0 Å². The molecule has 20 heavy (non-hydrogen) atoms. The van der Waals surface area contributed by atoms with Crippen molar-refractivity contribution in [3.8, 4) is 11.4 Å². The second-order valence-electron chi connectivity index (χ2n) is 4.27. The quantitative estimate of drug-likeness (QED) is 0.542. The van der Waals surface area contributed by atoms with Crippen LogP contribution in [0.2, 0.25) is 0 Å². The predicted molar refractivity (Wildman–Crippen MR) is 76.7 cm³/mol. The first kappa shape index (κ1) is 11.2. The Kier molecular flexibility index (Phi) is 2.33. The van der Waals surface area contributed by atoms with Gasteiger partial charge in [-0.1, -0.05) is 12.1 Å². The average Bonchev–Trinajstić information content (AvgIpc) is 2.94. The Morgan fingerprint density at radius 3 is 2.80 bits per heavy atom. The van der Waals surface area contributed by atoms with Gasteiger partial charge < -0.3 is 0 Å². The van der Waals surface area contributed by atoms with Gasteiger partial charge in [-0.2, -0.15) is 10.2 Å². The van der Waals surface area contributed by atoms with E-state index < -0.39 is 0 Å². The van der Waals surface area contributed by atoms with Crippen molar-refractivity contribution in [3.63, 3.8) is 0 Å². The number of para-hydroxylation sites is 1. The maximum atomic E-state index is 5.30. The fourth-order valence-electron chi connectivity index (χ4n) is 2.13. The van der Waals surface area contributed by atoms with Crippen molar-refractivity contribution in [1.29, 1.82) is 0 Å². The highest BCUT2D eigenvalue weighted by Crippen LogP contribution is 2.20. The summed E-state index contributed by atoms with van der Waals surface area (Å²) in [6, 6.07) is 9.62. The summed E-state index contributed by atoms with van der Waals surface area (Å²) >= 11 is 5.30. The largest absolute Gasteiger partial charge is 0.273 e. The maximum absolute atomic E-state index is 5.30. The van der Waals surface area contributed by atoms with Crippen LogP contribution >= 0.6 is 12.2 Å². The molecule has 0 atom stereocenters. The van der Waals surface area contributed by atoms with Crippen LogP contribution in [0, 0.1) is 4.77 Å². The summed E-state index contributed by atoms with van der Waals surface area (Å²) in [5, 5.41) is 11.7. The lowest BCUT2D eigenvalue weighted by Gasteiger charge is -1.98. The lowest BCUT2D eigenvalue weighted by Crippen LogP contribution is -1.94. The van der Waals surface area contributed by atoms with Gasteiger partial charge in [0.15, 0.2) is 11.5 Å². The second-order valence-corrected chi connectivity index (χ2v) is 4.64. The standard InChI is InChI=1S/C13H8N6S/c20-13-16-10-4-2-1-3-9(10)12-17-11(18-19(12)13)8-5-6-14-15-7-8/h1-7H,(H,17,18). The van der Waals surface area contributed by atoms with Crippen LogP contribution in [0.15, 0.2) is 42.7 Å². The van der Waals surface area contributed by atoms with Crippen LogP contribution in [0.4, 0.5) is 0 Å². The van der Waals surface area contributed by atoms with Gasteiger partial charge in [-0.25, -0.2) is 14.5 Å². The molecule has 0 fully saturated rings. The third-order valence-corrected chi connectivity index (χ3v) is 3.33. The van der Waals surface area contributed by atoms with Crippen molar-refractivity contribution in [2.75, 3.05) is 0 Å². The minimum Gasteiger partial charge on any atom is -0.273 e. The highest BCUT2D eigenvalue weighted by atomic mass is 32.1. The van der Waals surface area contributed by atoms with Gasteiger partial charge in [-0.15, -0.1) is 0 Å². The van der Waals surface area contributed by atoms with E-state index in [0.717, 1.165) is 22.1 Å². The van der Waals surface area contributed by atoms with Gasteiger partial charge in [-0.05, 0) is 30.4 Å². The fourth-order valence-corrected chi connectivity index (χ4v) is 2.36. The number of fused-ring (bicyclic) bond motifs is 3. The van der Waals surface area contributed by atoms with Gasteiger partial charge >= 0.3 is 0 Å². The van der Waals surface area contributed by atoms with Gasteiger partial charge in [0.2, 0.25) is 4.77 Å². The lowest BCUT2D eigenvalue weighted by atomic mass is 10.2. The number of aromatic amines is 1. The maximum Gasteiger partial charge on any atom is 0.221 e. The second kappa shape index (κ2) is 4.17. The molecule has 1 aromatic carbocycles. The summed E-state index contributed by atoms with van der Waals surface area (Å²) in [6.45, 7) is 0. The number of nitrogens with zero attached hydrogens (tertiary/aromatic N) is 5. The van der Waals surface area contributed by atoms with Gasteiger partial charge in [0.1, 0.15) is 0 Å². The Bertz CT molecular complexity index is 972. The molecule has 3 aromatic heterocycles. The predicted octanol–water partition coefficient (Wildman–Crippen LogP) is 2.40. The van der Waals surface area contributed by atoms with E-state index in [0.29, 0.717) is 10.6 Å². The molecule has 0 aliphatic carbocycles. The molecule has 0 spiro atoms. The number of H-pyrrole nitrogens is 1. The zero-order chi connectivity index (χ0) is 13.5. The number of benzene rings is 1. The average molecular weight is 280 g/mol. The summed E-state index contributed by atoms with van der Waals surface area (Å²) in [7, 11) is 0. The molecule has 0 radical (unpaired) electrons. The monoisotopic (exact) mass is 280 g/mol. The number of aromatic nitrogens is 6. The Labute approximate surface area is 118 Å². The Balaban J connectivity index is 2.11. The molecule has 0 aliphatic heterocycles.